The first-order chi connectivity index (χ1) is 20.0. The van der Waals surface area contributed by atoms with Crippen LogP contribution in [0.2, 0.25) is 0 Å². The number of halogens is 9. The molecule has 23 heteroatoms. The standard InChI is InChI=1S/C21H7F9N4O10/c22-19(23,24)8-3-12(31(35)36)17(13(4-8)32(37)38)43-10-1-2-11(21(28,29)30)16(7-10)44-18-14(33(39)40)5-9(20(25,26)27)6-15(18)34(41)42/h1-7H. The molecule has 3 aromatic carbocycles. The van der Waals surface area contributed by atoms with Crippen LogP contribution in [-0.4, -0.2) is 19.7 Å². The number of nitro benzene ring substituents is 4. The molecule has 0 aliphatic heterocycles. The van der Waals surface area contributed by atoms with E-state index in [2.05, 4.69) is 0 Å². The first-order valence-corrected chi connectivity index (χ1v) is 10.7. The van der Waals surface area contributed by atoms with Gasteiger partial charge in [-0.1, -0.05) is 0 Å². The van der Waals surface area contributed by atoms with Crippen LogP contribution in [0.25, 0.3) is 0 Å². The molecule has 0 fully saturated rings. The van der Waals surface area contributed by atoms with E-state index >= 15 is 0 Å². The highest BCUT2D eigenvalue weighted by atomic mass is 19.4. The number of hydrogen-bond donors (Lipinski definition) is 0. The number of rotatable bonds is 8. The van der Waals surface area contributed by atoms with Crippen molar-refractivity contribution in [2.75, 3.05) is 0 Å². The number of nitro groups is 4. The molecule has 0 radical (unpaired) electrons. The summed E-state index contributed by atoms with van der Waals surface area (Å²) in [6.45, 7) is 0. The normalized spacial score (nSPS) is 12.0. The van der Waals surface area contributed by atoms with E-state index in [-0.39, 0.29) is 36.4 Å². The van der Waals surface area contributed by atoms with Gasteiger partial charge in [0.2, 0.25) is 0 Å². The Labute approximate surface area is 233 Å². The predicted octanol–water partition coefficient (Wildman–Crippen LogP) is 7.96. The van der Waals surface area contributed by atoms with Crippen LogP contribution in [0.4, 0.5) is 62.3 Å². The molecule has 44 heavy (non-hydrogen) atoms. The minimum absolute atomic E-state index is 0.0359. The van der Waals surface area contributed by atoms with Gasteiger partial charge in [0.05, 0.1) is 36.4 Å². The average molecular weight is 646 g/mol. The van der Waals surface area contributed by atoms with Crippen molar-refractivity contribution >= 4 is 22.7 Å². The van der Waals surface area contributed by atoms with Crippen LogP contribution in [0.15, 0.2) is 42.5 Å². The molecule has 0 N–H and O–H groups in total. The first-order valence-electron chi connectivity index (χ1n) is 10.7. The second kappa shape index (κ2) is 11.1. The summed E-state index contributed by atoms with van der Waals surface area (Å²) in [5.74, 6) is -6.05. The fourth-order valence-electron chi connectivity index (χ4n) is 3.39. The highest BCUT2D eigenvalue weighted by molar-refractivity contribution is 5.66. The Hall–Kier alpha value is -5.77. The van der Waals surface area contributed by atoms with Crippen molar-refractivity contribution in [3.05, 3.63) is 99.6 Å². The van der Waals surface area contributed by atoms with Gasteiger partial charge in [-0.15, -0.1) is 0 Å². The number of benzene rings is 3. The number of nitrogens with zero attached hydrogens (tertiary/aromatic N) is 4. The molecule has 0 heterocycles. The lowest BCUT2D eigenvalue weighted by Crippen LogP contribution is -2.10. The van der Waals surface area contributed by atoms with E-state index in [0.717, 1.165) is 0 Å². The molecule has 234 valence electrons. The Morgan fingerprint density at radius 2 is 0.841 bits per heavy atom. The van der Waals surface area contributed by atoms with Gasteiger partial charge < -0.3 is 9.47 Å². The fourth-order valence-corrected chi connectivity index (χ4v) is 3.39. The first kappa shape index (κ1) is 32.7. The molecule has 0 saturated heterocycles. The lowest BCUT2D eigenvalue weighted by molar-refractivity contribution is -0.396. The van der Waals surface area contributed by atoms with Gasteiger partial charge in [-0.05, 0) is 12.1 Å². The Balaban J connectivity index is 2.30. The van der Waals surface area contributed by atoms with Gasteiger partial charge in [0, 0.05) is 30.3 Å². The highest BCUT2D eigenvalue weighted by Gasteiger charge is 2.42. The van der Waals surface area contributed by atoms with Crippen molar-refractivity contribution < 1.29 is 68.7 Å². The van der Waals surface area contributed by atoms with Crippen molar-refractivity contribution in [3.8, 4) is 23.0 Å². The second-order valence-electron chi connectivity index (χ2n) is 8.07. The Kier molecular flexibility index (Phi) is 8.29. The molecule has 3 aromatic rings. The summed E-state index contributed by atoms with van der Waals surface area (Å²) >= 11 is 0. The van der Waals surface area contributed by atoms with Crippen LogP contribution in [0, 0.1) is 40.5 Å². The molecule has 0 aromatic heterocycles. The van der Waals surface area contributed by atoms with Gasteiger partial charge in [0.1, 0.15) is 11.5 Å². The zero-order valence-corrected chi connectivity index (χ0v) is 20.3. The molecule has 0 bridgehead atoms. The monoisotopic (exact) mass is 646 g/mol. The summed E-state index contributed by atoms with van der Waals surface area (Å²) in [6, 6.07) is -0.545. The molecule has 0 atom stereocenters. The Morgan fingerprint density at radius 3 is 1.14 bits per heavy atom. The van der Waals surface area contributed by atoms with E-state index in [0.29, 0.717) is 6.07 Å². The molecule has 0 saturated carbocycles. The van der Waals surface area contributed by atoms with E-state index in [1.54, 1.807) is 0 Å². The molecule has 0 aliphatic rings. The van der Waals surface area contributed by atoms with Gasteiger partial charge in [-0.3, -0.25) is 40.5 Å². The third kappa shape index (κ3) is 6.81. The summed E-state index contributed by atoms with van der Waals surface area (Å²) in [6.07, 6.45) is -16.2. The molecule has 0 amide bonds. The fraction of sp³-hybridized carbons (Fsp3) is 0.143. The number of alkyl halides is 9. The SMILES string of the molecule is O=[N+]([O-])c1cc(C(F)(F)F)cc([N+](=O)[O-])c1Oc1ccc(C(F)(F)F)c(Oc2c([N+](=O)[O-])cc(C(F)(F)F)cc2[N+](=O)[O-])c1. The maximum Gasteiger partial charge on any atom is 0.419 e. The molecule has 0 spiro atoms. The Morgan fingerprint density at radius 1 is 0.500 bits per heavy atom. The summed E-state index contributed by atoms with van der Waals surface area (Å²) in [7, 11) is 0. The second-order valence-corrected chi connectivity index (χ2v) is 8.07. The molecule has 3 rings (SSSR count). The quantitative estimate of drug-likeness (QED) is 0.132. The molecule has 0 aliphatic carbocycles. The zero-order valence-electron chi connectivity index (χ0n) is 20.3. The van der Waals surface area contributed by atoms with E-state index in [9.17, 15) is 80.0 Å². The molecule has 14 nitrogen and oxygen atoms in total. The van der Waals surface area contributed by atoms with E-state index in [1.165, 1.54) is 0 Å². The van der Waals surface area contributed by atoms with Gasteiger partial charge >= 0.3 is 41.3 Å². The van der Waals surface area contributed by atoms with Crippen LogP contribution >= 0.6 is 0 Å². The van der Waals surface area contributed by atoms with Gasteiger partial charge in [-0.25, -0.2) is 0 Å². The number of ether oxygens (including phenoxy) is 2. The largest absolute Gasteiger partial charge is 0.444 e. The highest BCUT2D eigenvalue weighted by Crippen LogP contribution is 2.49. The Bertz CT molecular complexity index is 1630. The van der Waals surface area contributed by atoms with Gasteiger partial charge in [-0.2, -0.15) is 39.5 Å². The van der Waals surface area contributed by atoms with E-state index < -0.39 is 101 Å². The van der Waals surface area contributed by atoms with Crippen molar-refractivity contribution in [3.63, 3.8) is 0 Å². The van der Waals surface area contributed by atoms with Crippen molar-refractivity contribution in [2.45, 2.75) is 18.5 Å². The van der Waals surface area contributed by atoms with Crippen LogP contribution in [0.5, 0.6) is 23.0 Å². The van der Waals surface area contributed by atoms with Crippen LogP contribution in [0.1, 0.15) is 16.7 Å². The lowest BCUT2D eigenvalue weighted by atomic mass is 10.1. The predicted molar refractivity (Wildman–Crippen MR) is 121 cm³/mol. The molecular formula is C21H7F9N4O10. The lowest BCUT2D eigenvalue weighted by Gasteiger charge is -2.16. The number of hydrogen-bond acceptors (Lipinski definition) is 10. The minimum Gasteiger partial charge on any atom is -0.444 e. The van der Waals surface area contributed by atoms with Crippen molar-refractivity contribution in [2.24, 2.45) is 0 Å². The topological polar surface area (TPSA) is 191 Å². The smallest absolute Gasteiger partial charge is 0.419 e. The third-order valence-electron chi connectivity index (χ3n) is 5.23. The average Bonchev–Trinajstić information content (AvgIpc) is 2.86. The van der Waals surface area contributed by atoms with Gasteiger partial charge in [0.25, 0.3) is 11.5 Å². The minimum atomic E-state index is -5.46. The summed E-state index contributed by atoms with van der Waals surface area (Å²) in [4.78, 5) is 39.3. The van der Waals surface area contributed by atoms with Gasteiger partial charge in [0.15, 0.2) is 0 Å². The van der Waals surface area contributed by atoms with E-state index in [4.69, 9.17) is 9.47 Å². The van der Waals surface area contributed by atoms with Crippen LogP contribution < -0.4 is 9.47 Å². The van der Waals surface area contributed by atoms with Crippen LogP contribution in [-0.2, 0) is 18.5 Å². The van der Waals surface area contributed by atoms with Crippen LogP contribution in [0.3, 0.4) is 0 Å². The summed E-state index contributed by atoms with van der Waals surface area (Å²) in [5, 5.41) is 45.7. The summed E-state index contributed by atoms with van der Waals surface area (Å²) in [5.41, 5.74) is -12.8. The van der Waals surface area contributed by atoms with E-state index in [1.807, 2.05) is 0 Å². The maximum absolute atomic E-state index is 13.7. The molecule has 0 unspecified atom stereocenters. The molecular weight excluding hydrogens is 639 g/mol. The zero-order chi connectivity index (χ0) is 33.5. The van der Waals surface area contributed by atoms with Crippen molar-refractivity contribution in [1.82, 2.24) is 0 Å². The maximum atomic E-state index is 13.7. The third-order valence-corrected chi connectivity index (χ3v) is 5.23. The van der Waals surface area contributed by atoms with Crippen molar-refractivity contribution in [1.29, 1.82) is 0 Å². The summed E-state index contributed by atoms with van der Waals surface area (Å²) < 4.78 is 130.